The molecule has 7 heteroatoms. The van der Waals surface area contributed by atoms with Gasteiger partial charge in [-0.3, -0.25) is 4.90 Å². The summed E-state index contributed by atoms with van der Waals surface area (Å²) in [5.41, 5.74) is 1.26. The third-order valence-corrected chi connectivity index (χ3v) is 2.97. The molecule has 2 amide bonds. The SMILES string of the molecule is O=C(O)[C@H](CO)NC(=O)N1CCc2ccc(F)cc21. The highest BCUT2D eigenvalue weighted by atomic mass is 19.1. The van der Waals surface area contributed by atoms with Gasteiger partial charge >= 0.3 is 12.0 Å². The van der Waals surface area contributed by atoms with Crippen molar-refractivity contribution in [2.75, 3.05) is 18.1 Å². The van der Waals surface area contributed by atoms with Crippen LogP contribution in [0.15, 0.2) is 18.2 Å². The summed E-state index contributed by atoms with van der Waals surface area (Å²) in [6.45, 7) is -0.354. The molecule has 0 fully saturated rings. The number of carboxylic acid groups (broad SMARTS) is 1. The first-order valence-corrected chi connectivity index (χ1v) is 5.73. The quantitative estimate of drug-likeness (QED) is 0.737. The Kier molecular flexibility index (Phi) is 3.66. The van der Waals surface area contributed by atoms with E-state index >= 15 is 0 Å². The summed E-state index contributed by atoms with van der Waals surface area (Å²) in [5, 5.41) is 19.8. The molecular formula is C12H13FN2O4. The molecule has 0 unspecified atom stereocenters. The Morgan fingerprint density at radius 1 is 1.47 bits per heavy atom. The maximum Gasteiger partial charge on any atom is 0.328 e. The summed E-state index contributed by atoms with van der Waals surface area (Å²) in [6.07, 6.45) is 0.583. The average molecular weight is 268 g/mol. The fourth-order valence-corrected chi connectivity index (χ4v) is 1.98. The zero-order chi connectivity index (χ0) is 14.0. The number of halogens is 1. The minimum atomic E-state index is -1.37. The molecule has 1 heterocycles. The Labute approximate surface area is 108 Å². The van der Waals surface area contributed by atoms with Gasteiger partial charge in [-0.1, -0.05) is 6.07 Å². The molecule has 2 rings (SSSR count). The van der Waals surface area contributed by atoms with Gasteiger partial charge in [-0.05, 0) is 24.1 Å². The van der Waals surface area contributed by atoms with Gasteiger partial charge < -0.3 is 15.5 Å². The van der Waals surface area contributed by atoms with Crippen LogP contribution in [0.2, 0.25) is 0 Å². The highest BCUT2D eigenvalue weighted by Gasteiger charge is 2.28. The summed E-state index contributed by atoms with van der Waals surface area (Å²) in [5.74, 6) is -1.79. The molecule has 102 valence electrons. The van der Waals surface area contributed by atoms with Crippen molar-refractivity contribution in [3.05, 3.63) is 29.6 Å². The molecule has 0 saturated heterocycles. The molecule has 0 aromatic heterocycles. The lowest BCUT2D eigenvalue weighted by Gasteiger charge is -2.20. The van der Waals surface area contributed by atoms with E-state index in [4.69, 9.17) is 10.2 Å². The van der Waals surface area contributed by atoms with Crippen LogP contribution in [0.1, 0.15) is 5.56 Å². The maximum absolute atomic E-state index is 13.2. The fraction of sp³-hybridized carbons (Fsp3) is 0.333. The number of amides is 2. The van der Waals surface area contributed by atoms with Crippen molar-refractivity contribution in [1.29, 1.82) is 0 Å². The number of fused-ring (bicyclic) bond motifs is 1. The molecular weight excluding hydrogens is 255 g/mol. The number of aliphatic hydroxyl groups excluding tert-OH is 1. The number of aliphatic hydroxyl groups is 1. The van der Waals surface area contributed by atoms with E-state index in [0.29, 0.717) is 18.7 Å². The van der Waals surface area contributed by atoms with E-state index in [1.165, 1.54) is 17.0 Å². The molecule has 0 bridgehead atoms. The molecule has 6 nitrogen and oxygen atoms in total. The zero-order valence-electron chi connectivity index (χ0n) is 9.97. The first-order chi connectivity index (χ1) is 9.02. The summed E-state index contributed by atoms with van der Waals surface area (Å²) < 4.78 is 13.2. The van der Waals surface area contributed by atoms with Gasteiger partial charge in [0.05, 0.1) is 12.3 Å². The molecule has 1 atom stereocenters. The number of carbonyl (C=O) groups excluding carboxylic acids is 1. The molecule has 1 aromatic carbocycles. The normalized spacial score (nSPS) is 14.9. The number of nitrogens with one attached hydrogen (secondary N) is 1. The number of urea groups is 1. The number of carbonyl (C=O) groups is 2. The zero-order valence-corrected chi connectivity index (χ0v) is 9.97. The maximum atomic E-state index is 13.2. The molecule has 0 radical (unpaired) electrons. The number of aliphatic carboxylic acids is 1. The van der Waals surface area contributed by atoms with E-state index in [1.54, 1.807) is 6.07 Å². The Morgan fingerprint density at radius 3 is 2.84 bits per heavy atom. The topological polar surface area (TPSA) is 89.9 Å². The van der Waals surface area contributed by atoms with Crippen LogP contribution in [0.4, 0.5) is 14.9 Å². The van der Waals surface area contributed by atoms with Crippen molar-refractivity contribution in [3.63, 3.8) is 0 Å². The first kappa shape index (κ1) is 13.3. The van der Waals surface area contributed by atoms with Crippen molar-refractivity contribution >= 4 is 17.7 Å². The van der Waals surface area contributed by atoms with Crippen LogP contribution in [0, 0.1) is 5.82 Å². The number of benzene rings is 1. The highest BCUT2D eigenvalue weighted by Crippen LogP contribution is 2.28. The van der Waals surface area contributed by atoms with Crippen LogP contribution >= 0.6 is 0 Å². The molecule has 1 aliphatic heterocycles. The smallest absolute Gasteiger partial charge is 0.328 e. The fourth-order valence-electron chi connectivity index (χ4n) is 1.98. The second-order valence-electron chi connectivity index (χ2n) is 4.20. The average Bonchev–Trinajstić information content (AvgIpc) is 2.78. The first-order valence-electron chi connectivity index (χ1n) is 5.73. The van der Waals surface area contributed by atoms with Crippen molar-refractivity contribution < 1.29 is 24.2 Å². The third kappa shape index (κ3) is 2.65. The molecule has 0 aliphatic carbocycles. The van der Waals surface area contributed by atoms with E-state index in [2.05, 4.69) is 5.32 Å². The predicted molar refractivity (Wildman–Crippen MR) is 64.5 cm³/mol. The lowest BCUT2D eigenvalue weighted by molar-refractivity contribution is -0.140. The van der Waals surface area contributed by atoms with Gasteiger partial charge in [0.15, 0.2) is 6.04 Å². The molecule has 19 heavy (non-hydrogen) atoms. The summed E-state index contributed by atoms with van der Waals surface area (Å²) in [4.78, 5) is 23.9. The van der Waals surface area contributed by atoms with E-state index in [0.717, 1.165) is 5.56 Å². The Hall–Kier alpha value is -2.15. The third-order valence-electron chi connectivity index (χ3n) is 2.97. The summed E-state index contributed by atoms with van der Waals surface area (Å²) >= 11 is 0. The monoisotopic (exact) mass is 268 g/mol. The van der Waals surface area contributed by atoms with Gasteiger partial charge in [0, 0.05) is 6.54 Å². The van der Waals surface area contributed by atoms with E-state index in [1.807, 2.05) is 0 Å². The molecule has 3 N–H and O–H groups in total. The highest BCUT2D eigenvalue weighted by molar-refractivity contribution is 5.96. The lowest BCUT2D eigenvalue weighted by Crippen LogP contribution is -2.49. The van der Waals surface area contributed by atoms with Crippen LogP contribution in [0.5, 0.6) is 0 Å². The number of hydrogen-bond acceptors (Lipinski definition) is 3. The standard InChI is InChI=1S/C12H13FN2O4/c13-8-2-1-7-3-4-15(10(7)5-8)12(19)14-9(6-16)11(17)18/h1-2,5,9,16H,3-4,6H2,(H,14,19)(H,17,18)/t9-/m0/s1. The van der Waals surface area contributed by atoms with Crippen LogP contribution in [-0.4, -0.2) is 41.4 Å². The number of nitrogens with zero attached hydrogens (tertiary/aromatic N) is 1. The van der Waals surface area contributed by atoms with Crippen molar-refractivity contribution in [1.82, 2.24) is 5.32 Å². The molecule has 1 aromatic rings. The number of hydrogen-bond donors (Lipinski definition) is 3. The molecule has 1 aliphatic rings. The van der Waals surface area contributed by atoms with Crippen molar-refractivity contribution in [3.8, 4) is 0 Å². The number of rotatable bonds is 3. The van der Waals surface area contributed by atoms with Crippen LogP contribution in [0.3, 0.4) is 0 Å². The summed E-state index contributed by atoms with van der Waals surface area (Å²) in [7, 11) is 0. The molecule has 0 saturated carbocycles. The lowest BCUT2D eigenvalue weighted by atomic mass is 10.2. The Morgan fingerprint density at radius 2 is 2.21 bits per heavy atom. The Bertz CT molecular complexity index is 520. The van der Waals surface area contributed by atoms with Gasteiger partial charge in [0.25, 0.3) is 0 Å². The van der Waals surface area contributed by atoms with Crippen LogP contribution < -0.4 is 10.2 Å². The van der Waals surface area contributed by atoms with E-state index in [-0.39, 0.29) is 0 Å². The largest absolute Gasteiger partial charge is 0.480 e. The van der Waals surface area contributed by atoms with Crippen molar-refractivity contribution in [2.45, 2.75) is 12.5 Å². The summed E-state index contributed by atoms with van der Waals surface area (Å²) in [6, 6.07) is 2.11. The molecule has 0 spiro atoms. The van der Waals surface area contributed by atoms with Gasteiger partial charge in [-0.15, -0.1) is 0 Å². The number of carboxylic acids is 1. The second-order valence-corrected chi connectivity index (χ2v) is 4.20. The van der Waals surface area contributed by atoms with Crippen molar-refractivity contribution in [2.24, 2.45) is 0 Å². The van der Waals surface area contributed by atoms with Gasteiger partial charge in [-0.2, -0.15) is 0 Å². The van der Waals surface area contributed by atoms with Crippen LogP contribution in [-0.2, 0) is 11.2 Å². The van der Waals surface area contributed by atoms with Crippen LogP contribution in [0.25, 0.3) is 0 Å². The van der Waals surface area contributed by atoms with E-state index < -0.39 is 30.5 Å². The van der Waals surface area contributed by atoms with Gasteiger partial charge in [-0.25, -0.2) is 14.0 Å². The second kappa shape index (κ2) is 5.23. The predicted octanol–water partition coefficient (Wildman–Crippen LogP) is 0.343. The Balaban J connectivity index is 2.15. The van der Waals surface area contributed by atoms with E-state index in [9.17, 15) is 14.0 Å². The minimum absolute atomic E-state index is 0.350. The minimum Gasteiger partial charge on any atom is -0.480 e. The van der Waals surface area contributed by atoms with Gasteiger partial charge in [0.1, 0.15) is 5.82 Å². The number of anilines is 1. The van der Waals surface area contributed by atoms with Gasteiger partial charge in [0.2, 0.25) is 0 Å².